The van der Waals surface area contributed by atoms with Gasteiger partial charge in [0.25, 0.3) is 0 Å². The van der Waals surface area contributed by atoms with E-state index in [4.69, 9.17) is 9.26 Å². The third-order valence-electron chi connectivity index (χ3n) is 4.98. The van der Waals surface area contributed by atoms with Crippen LogP contribution in [0.4, 0.5) is 26.4 Å². The van der Waals surface area contributed by atoms with Crippen molar-refractivity contribution in [1.29, 1.82) is 0 Å². The van der Waals surface area contributed by atoms with E-state index in [2.05, 4.69) is 15.2 Å². The van der Waals surface area contributed by atoms with Crippen molar-refractivity contribution in [2.45, 2.75) is 18.6 Å². The topological polar surface area (TPSA) is 117 Å². The Morgan fingerprint density at radius 1 is 1.30 bits per heavy atom. The molecule has 2 aliphatic rings. The fraction of sp³-hybridized carbons (Fsp3) is 0.444. The number of cyclic esters (lactones) is 1. The molecule has 30 heavy (non-hydrogen) atoms. The highest BCUT2D eigenvalue weighted by molar-refractivity contribution is 7.88. The molecule has 2 aromatic rings. The zero-order valence-corrected chi connectivity index (χ0v) is 17.1. The molecule has 2 atom stereocenters. The number of hydrogen-bond acceptors (Lipinski definition) is 8. The average molecular weight is 439 g/mol. The molecule has 0 saturated carbocycles. The largest absolute Gasteiger partial charge is 0.442 e. The fourth-order valence-electron chi connectivity index (χ4n) is 3.66. The second-order valence-corrected chi connectivity index (χ2v) is 9.12. The van der Waals surface area contributed by atoms with Gasteiger partial charge in [0.1, 0.15) is 18.2 Å². The molecule has 2 fully saturated rings. The maximum atomic E-state index is 14.8. The van der Waals surface area contributed by atoms with Gasteiger partial charge in [0, 0.05) is 25.2 Å². The number of nitrogens with zero attached hydrogens (tertiary/aromatic N) is 3. The molecule has 4 rings (SSSR count). The van der Waals surface area contributed by atoms with Crippen molar-refractivity contribution >= 4 is 33.3 Å². The van der Waals surface area contributed by atoms with Crippen molar-refractivity contribution < 1.29 is 26.9 Å². The monoisotopic (exact) mass is 439 g/mol. The first-order valence-corrected chi connectivity index (χ1v) is 11.3. The van der Waals surface area contributed by atoms with E-state index in [0.717, 1.165) is 6.26 Å². The fourth-order valence-corrected chi connectivity index (χ4v) is 4.46. The van der Waals surface area contributed by atoms with Crippen LogP contribution in [0, 0.1) is 5.82 Å². The highest BCUT2D eigenvalue weighted by Crippen LogP contribution is 2.30. The Balaban J connectivity index is 1.39. The molecule has 162 valence electrons. The maximum absolute atomic E-state index is 14.8. The number of nitrogens with one attached hydrogen (secondary N) is 2. The number of carbonyl (C=O) groups excluding carboxylic acids is 1. The number of carbonyl (C=O) groups is 1. The molecule has 0 aliphatic carbocycles. The van der Waals surface area contributed by atoms with E-state index in [1.807, 2.05) is 0 Å². The summed E-state index contributed by atoms with van der Waals surface area (Å²) in [6, 6.07) is 5.94. The Labute approximate surface area is 173 Å². The number of halogens is 1. The van der Waals surface area contributed by atoms with Gasteiger partial charge in [0.05, 0.1) is 30.7 Å². The lowest BCUT2D eigenvalue weighted by Crippen LogP contribution is -2.36. The van der Waals surface area contributed by atoms with Crippen molar-refractivity contribution in [3.05, 3.63) is 36.3 Å². The number of hydrogen-bond donors (Lipinski definition) is 2. The Morgan fingerprint density at radius 3 is 2.83 bits per heavy atom. The number of benzene rings is 1. The van der Waals surface area contributed by atoms with Crippen molar-refractivity contribution in [3.8, 4) is 0 Å². The Kier molecular flexibility index (Phi) is 5.52. The van der Waals surface area contributed by atoms with Crippen molar-refractivity contribution in [2.24, 2.45) is 0 Å². The maximum Gasteiger partial charge on any atom is 0.414 e. The van der Waals surface area contributed by atoms with Crippen LogP contribution in [0.5, 0.6) is 0 Å². The smallest absolute Gasteiger partial charge is 0.414 e. The summed E-state index contributed by atoms with van der Waals surface area (Å²) in [5.41, 5.74) is 0.767. The van der Waals surface area contributed by atoms with Crippen molar-refractivity contribution in [1.82, 2.24) is 9.88 Å². The van der Waals surface area contributed by atoms with E-state index in [1.165, 1.54) is 17.2 Å². The quantitative estimate of drug-likeness (QED) is 0.665. The van der Waals surface area contributed by atoms with Gasteiger partial charge in [0.15, 0.2) is 5.82 Å². The van der Waals surface area contributed by atoms with Crippen LogP contribution in [0.15, 0.2) is 35.1 Å². The van der Waals surface area contributed by atoms with E-state index < -0.39 is 28.0 Å². The lowest BCUT2D eigenvalue weighted by atomic mass is 10.2. The number of ether oxygens (including phenoxy) is 1. The number of anilines is 3. The molecule has 12 heteroatoms. The van der Waals surface area contributed by atoms with Gasteiger partial charge in [-0.3, -0.25) is 4.90 Å². The van der Waals surface area contributed by atoms with Crippen LogP contribution in [0.1, 0.15) is 6.42 Å². The molecule has 1 aromatic heterocycles. The number of rotatable bonds is 7. The van der Waals surface area contributed by atoms with Crippen LogP contribution in [0.25, 0.3) is 0 Å². The molecule has 10 nitrogen and oxygen atoms in total. The van der Waals surface area contributed by atoms with Gasteiger partial charge in [-0.1, -0.05) is 5.16 Å². The molecule has 1 aromatic carbocycles. The van der Waals surface area contributed by atoms with Gasteiger partial charge < -0.3 is 19.5 Å². The molecule has 0 spiro atoms. The molecule has 2 N–H and O–H groups in total. The van der Waals surface area contributed by atoms with Gasteiger partial charge in [-0.25, -0.2) is 22.3 Å². The minimum absolute atomic E-state index is 0.259. The van der Waals surface area contributed by atoms with Crippen LogP contribution in [-0.4, -0.2) is 64.2 Å². The number of amides is 1. The lowest BCUT2D eigenvalue weighted by Gasteiger charge is -2.21. The standard InChI is InChI=1S/C18H22FN5O5S/c1-30(26,27)22-12-4-6-23(10-12)16-3-2-13(8-15(16)19)24-11-14(29-18(24)25)9-20-17-5-7-28-21-17/h2-3,5,7-8,12,14,22H,4,6,9-11H2,1H3,(H,20,21)/t12-,14-/m0/s1. The molecule has 2 saturated heterocycles. The molecule has 0 bridgehead atoms. The van der Waals surface area contributed by atoms with Crippen LogP contribution in [0.3, 0.4) is 0 Å². The second-order valence-electron chi connectivity index (χ2n) is 7.34. The van der Waals surface area contributed by atoms with Gasteiger partial charge in [0.2, 0.25) is 10.0 Å². The van der Waals surface area contributed by atoms with Crippen LogP contribution in [0.2, 0.25) is 0 Å². The van der Waals surface area contributed by atoms with E-state index in [-0.39, 0.29) is 12.6 Å². The zero-order chi connectivity index (χ0) is 21.3. The lowest BCUT2D eigenvalue weighted by molar-refractivity contribution is 0.147. The Bertz CT molecular complexity index is 1020. The second kappa shape index (κ2) is 8.11. The summed E-state index contributed by atoms with van der Waals surface area (Å²) in [6.07, 6.45) is 2.16. The number of aromatic nitrogens is 1. The summed E-state index contributed by atoms with van der Waals surface area (Å²) >= 11 is 0. The normalized spacial score (nSPS) is 21.9. The highest BCUT2D eigenvalue weighted by Gasteiger charge is 2.33. The third-order valence-corrected chi connectivity index (χ3v) is 5.74. The average Bonchev–Trinajstić information content (AvgIpc) is 3.40. The summed E-state index contributed by atoms with van der Waals surface area (Å²) in [5, 5.41) is 6.72. The molecular weight excluding hydrogens is 417 g/mol. The van der Waals surface area contributed by atoms with E-state index in [9.17, 15) is 17.6 Å². The molecular formula is C18H22FN5O5S. The molecule has 0 radical (unpaired) electrons. The number of sulfonamides is 1. The van der Waals surface area contributed by atoms with Gasteiger partial charge in [-0.2, -0.15) is 0 Å². The minimum atomic E-state index is -3.31. The summed E-state index contributed by atoms with van der Waals surface area (Å²) in [7, 11) is -3.31. The van der Waals surface area contributed by atoms with Crippen LogP contribution < -0.4 is 19.8 Å². The van der Waals surface area contributed by atoms with Crippen molar-refractivity contribution in [2.75, 3.05) is 47.6 Å². The SMILES string of the molecule is CS(=O)(=O)N[C@H]1CCN(c2ccc(N3C[C@H](CNc4ccon4)OC3=O)cc2F)C1. The van der Waals surface area contributed by atoms with Gasteiger partial charge in [-0.05, 0) is 24.6 Å². The third kappa shape index (κ3) is 4.65. The molecule has 1 amide bonds. The predicted molar refractivity (Wildman–Crippen MR) is 108 cm³/mol. The van der Waals surface area contributed by atoms with E-state index in [0.29, 0.717) is 43.2 Å². The summed E-state index contributed by atoms with van der Waals surface area (Å²) in [6.45, 7) is 1.53. The van der Waals surface area contributed by atoms with E-state index >= 15 is 0 Å². The first-order chi connectivity index (χ1) is 14.3. The minimum Gasteiger partial charge on any atom is -0.442 e. The summed E-state index contributed by atoms with van der Waals surface area (Å²) in [5.74, 6) is 0.0543. The van der Waals surface area contributed by atoms with Crippen molar-refractivity contribution in [3.63, 3.8) is 0 Å². The van der Waals surface area contributed by atoms with Crippen LogP contribution in [-0.2, 0) is 14.8 Å². The van der Waals surface area contributed by atoms with E-state index in [1.54, 1.807) is 23.1 Å². The highest BCUT2D eigenvalue weighted by atomic mass is 32.2. The first kappa shape index (κ1) is 20.4. The zero-order valence-electron chi connectivity index (χ0n) is 16.2. The summed E-state index contributed by atoms with van der Waals surface area (Å²) < 4.78 is 50.2. The van der Waals surface area contributed by atoms with Crippen LogP contribution >= 0.6 is 0 Å². The first-order valence-electron chi connectivity index (χ1n) is 9.43. The van der Waals surface area contributed by atoms with Gasteiger partial charge in [-0.15, -0.1) is 0 Å². The summed E-state index contributed by atoms with van der Waals surface area (Å²) in [4.78, 5) is 15.4. The Morgan fingerprint density at radius 2 is 2.13 bits per heavy atom. The predicted octanol–water partition coefficient (Wildman–Crippen LogP) is 1.38. The molecule has 0 unspecified atom stereocenters. The van der Waals surface area contributed by atoms with Gasteiger partial charge >= 0.3 is 6.09 Å². The Hall–Kier alpha value is -2.86. The molecule has 3 heterocycles. The molecule has 2 aliphatic heterocycles.